The van der Waals surface area contributed by atoms with E-state index in [0.29, 0.717) is 18.7 Å². The summed E-state index contributed by atoms with van der Waals surface area (Å²) in [6, 6.07) is -0.915. The normalized spacial score (nSPS) is 26.3. The van der Waals surface area contributed by atoms with Crippen LogP contribution >= 0.6 is 0 Å². The van der Waals surface area contributed by atoms with Crippen LogP contribution in [0.25, 0.3) is 0 Å². The average Bonchev–Trinajstić information content (AvgIpc) is 3.28. The highest BCUT2D eigenvalue weighted by Gasteiger charge is 2.48. The van der Waals surface area contributed by atoms with Crippen LogP contribution in [0.5, 0.6) is 0 Å². The van der Waals surface area contributed by atoms with Crippen molar-refractivity contribution in [3.05, 3.63) is 5.82 Å². The molecule has 1 saturated carbocycles. The number of carbonyl (C=O) groups excluding carboxylic acids is 2. The Labute approximate surface area is 204 Å². The standard InChI is InChI=1S/C23H36FN5O6/c1-4-16(5-2)13-34-21(31)19-10-18-11-23(24,8-6-17(18)12-28(19)22(32)33)9-7-20-25-26-27-29(20)14-35-15(3)30/h16-19H,4-14H2,1-3H3,(H,32,33)/t17-,18-,19-,23-/m0/s1. The van der Waals surface area contributed by atoms with Gasteiger partial charge in [-0.2, -0.15) is 4.68 Å². The van der Waals surface area contributed by atoms with Gasteiger partial charge in [-0.15, -0.1) is 5.10 Å². The summed E-state index contributed by atoms with van der Waals surface area (Å²) in [6.45, 7) is 5.67. The number of halogens is 1. The molecule has 0 radical (unpaired) electrons. The highest BCUT2D eigenvalue weighted by molar-refractivity contribution is 5.81. The van der Waals surface area contributed by atoms with E-state index in [0.717, 1.165) is 12.8 Å². The molecule has 2 heterocycles. The molecule has 1 aromatic rings. The van der Waals surface area contributed by atoms with Gasteiger partial charge in [0.2, 0.25) is 0 Å². The van der Waals surface area contributed by atoms with E-state index in [-0.39, 0.29) is 63.3 Å². The zero-order chi connectivity index (χ0) is 25.6. The topological polar surface area (TPSA) is 137 Å². The third kappa shape index (κ3) is 6.88. The van der Waals surface area contributed by atoms with Crippen LogP contribution in [0.15, 0.2) is 0 Å². The first kappa shape index (κ1) is 26.8. The molecule has 196 valence electrons. The number of carboxylic acid groups (broad SMARTS) is 1. The van der Waals surface area contributed by atoms with Gasteiger partial charge in [0, 0.05) is 19.9 Å². The van der Waals surface area contributed by atoms with Crippen LogP contribution in [-0.4, -0.2) is 73.1 Å². The number of aryl methyl sites for hydroxylation is 1. The SMILES string of the molecule is CCC(CC)COC(=O)[C@@H]1C[C@H]2C[C@@](F)(CCc3nnnn3COC(C)=O)CC[C@H]2CN1C(=O)O. The van der Waals surface area contributed by atoms with E-state index < -0.39 is 29.7 Å². The van der Waals surface area contributed by atoms with Gasteiger partial charge in [-0.3, -0.25) is 9.69 Å². The smallest absolute Gasteiger partial charge is 0.408 e. The maximum absolute atomic E-state index is 15.9. The number of carbonyl (C=O) groups is 3. The summed E-state index contributed by atoms with van der Waals surface area (Å²) in [5.74, 6) is -0.461. The summed E-state index contributed by atoms with van der Waals surface area (Å²) in [5, 5.41) is 21.0. The Morgan fingerprint density at radius 1 is 1.23 bits per heavy atom. The molecule has 1 N–H and O–H groups in total. The lowest BCUT2D eigenvalue weighted by Gasteiger charge is -2.47. The number of alkyl halides is 1. The van der Waals surface area contributed by atoms with E-state index in [1.165, 1.54) is 16.5 Å². The molecule has 1 amide bonds. The molecular weight excluding hydrogens is 461 g/mol. The van der Waals surface area contributed by atoms with Crippen molar-refractivity contribution < 1.29 is 33.4 Å². The largest absolute Gasteiger partial charge is 0.465 e. The number of piperidine rings is 1. The van der Waals surface area contributed by atoms with Gasteiger partial charge in [0.25, 0.3) is 0 Å². The molecule has 3 rings (SSSR count). The fourth-order valence-corrected chi connectivity index (χ4v) is 5.20. The number of hydrogen-bond acceptors (Lipinski definition) is 8. The quantitative estimate of drug-likeness (QED) is 0.484. The van der Waals surface area contributed by atoms with Crippen molar-refractivity contribution in [2.75, 3.05) is 13.2 Å². The van der Waals surface area contributed by atoms with Crippen LogP contribution in [0, 0.1) is 17.8 Å². The molecule has 1 aromatic heterocycles. The molecule has 1 aliphatic heterocycles. The summed E-state index contributed by atoms with van der Waals surface area (Å²) in [4.78, 5) is 36.9. The molecule has 2 fully saturated rings. The Kier molecular flexibility index (Phi) is 9.01. The minimum atomic E-state index is -1.48. The first-order chi connectivity index (χ1) is 16.7. The van der Waals surface area contributed by atoms with Gasteiger partial charge in [0.1, 0.15) is 11.7 Å². The number of hydrogen-bond donors (Lipinski definition) is 1. The third-order valence-corrected chi connectivity index (χ3v) is 7.52. The van der Waals surface area contributed by atoms with Gasteiger partial charge in [0.15, 0.2) is 12.6 Å². The molecular formula is C23H36FN5O6. The van der Waals surface area contributed by atoms with Gasteiger partial charge in [-0.1, -0.05) is 26.7 Å². The predicted molar refractivity (Wildman–Crippen MR) is 121 cm³/mol. The summed E-state index contributed by atoms with van der Waals surface area (Å²) in [6.07, 6.45) is 2.39. The van der Waals surface area contributed by atoms with Crippen molar-refractivity contribution >= 4 is 18.0 Å². The molecule has 0 bridgehead atoms. The molecule has 12 heteroatoms. The van der Waals surface area contributed by atoms with Gasteiger partial charge in [-0.25, -0.2) is 14.0 Å². The minimum absolute atomic E-state index is 0.00680. The zero-order valence-corrected chi connectivity index (χ0v) is 20.7. The molecule has 0 unspecified atom stereocenters. The van der Waals surface area contributed by atoms with Gasteiger partial charge < -0.3 is 14.6 Å². The number of aromatic nitrogens is 4. The Balaban J connectivity index is 1.62. The highest BCUT2D eigenvalue weighted by Crippen LogP contribution is 2.46. The second-order valence-corrected chi connectivity index (χ2v) is 9.77. The lowest BCUT2D eigenvalue weighted by atomic mass is 9.67. The number of nitrogens with zero attached hydrogens (tertiary/aromatic N) is 5. The summed E-state index contributed by atoms with van der Waals surface area (Å²) >= 11 is 0. The fourth-order valence-electron chi connectivity index (χ4n) is 5.20. The Bertz CT molecular complexity index is 894. The van der Waals surface area contributed by atoms with E-state index in [2.05, 4.69) is 15.5 Å². The first-order valence-electron chi connectivity index (χ1n) is 12.4. The van der Waals surface area contributed by atoms with Crippen LogP contribution in [0.3, 0.4) is 0 Å². The van der Waals surface area contributed by atoms with E-state index in [4.69, 9.17) is 9.47 Å². The molecule has 0 aromatic carbocycles. The molecule has 11 nitrogen and oxygen atoms in total. The van der Waals surface area contributed by atoms with Crippen molar-refractivity contribution in [3.63, 3.8) is 0 Å². The number of fused-ring (bicyclic) bond motifs is 1. The zero-order valence-electron chi connectivity index (χ0n) is 20.7. The predicted octanol–water partition coefficient (Wildman–Crippen LogP) is 2.98. The van der Waals surface area contributed by atoms with E-state index in [9.17, 15) is 19.5 Å². The van der Waals surface area contributed by atoms with Gasteiger partial charge in [0.05, 0.1) is 6.61 Å². The number of rotatable bonds is 10. The second kappa shape index (κ2) is 11.8. The van der Waals surface area contributed by atoms with Crippen molar-refractivity contribution in [2.45, 2.75) is 90.6 Å². The van der Waals surface area contributed by atoms with Crippen molar-refractivity contribution in [2.24, 2.45) is 17.8 Å². The Morgan fingerprint density at radius 3 is 2.63 bits per heavy atom. The molecule has 35 heavy (non-hydrogen) atoms. The van der Waals surface area contributed by atoms with Crippen LogP contribution in [-0.2, 0) is 32.2 Å². The summed E-state index contributed by atoms with van der Waals surface area (Å²) in [5.41, 5.74) is -1.48. The van der Waals surface area contributed by atoms with Gasteiger partial charge >= 0.3 is 18.0 Å². The molecule has 0 spiro atoms. The van der Waals surface area contributed by atoms with Crippen LogP contribution < -0.4 is 0 Å². The maximum Gasteiger partial charge on any atom is 0.408 e. The first-order valence-corrected chi connectivity index (χ1v) is 12.4. The summed E-state index contributed by atoms with van der Waals surface area (Å²) < 4.78 is 27.6. The number of likely N-dealkylation sites (tertiary alicyclic amines) is 1. The van der Waals surface area contributed by atoms with Crippen molar-refractivity contribution in [1.82, 2.24) is 25.1 Å². The van der Waals surface area contributed by atoms with Crippen molar-refractivity contribution in [3.8, 4) is 0 Å². The molecule has 1 aliphatic carbocycles. The minimum Gasteiger partial charge on any atom is -0.465 e. The maximum atomic E-state index is 15.9. The Hall–Kier alpha value is -2.79. The molecule has 2 aliphatic rings. The van der Waals surface area contributed by atoms with E-state index >= 15 is 4.39 Å². The average molecular weight is 498 g/mol. The molecule has 1 saturated heterocycles. The van der Waals surface area contributed by atoms with Crippen LogP contribution in [0.4, 0.5) is 9.18 Å². The third-order valence-electron chi connectivity index (χ3n) is 7.52. The second-order valence-electron chi connectivity index (χ2n) is 9.77. The number of tetrazole rings is 1. The highest BCUT2D eigenvalue weighted by atomic mass is 19.1. The molecule has 4 atom stereocenters. The Morgan fingerprint density at radius 2 is 1.97 bits per heavy atom. The van der Waals surface area contributed by atoms with E-state index in [1.54, 1.807) is 0 Å². The monoisotopic (exact) mass is 497 g/mol. The number of ether oxygens (including phenoxy) is 2. The number of esters is 2. The summed E-state index contributed by atoms with van der Waals surface area (Å²) in [7, 11) is 0. The van der Waals surface area contributed by atoms with Crippen LogP contribution in [0.2, 0.25) is 0 Å². The van der Waals surface area contributed by atoms with Gasteiger partial charge in [-0.05, 0) is 60.3 Å². The van der Waals surface area contributed by atoms with E-state index in [1.807, 2.05) is 13.8 Å². The van der Waals surface area contributed by atoms with Crippen LogP contribution in [0.1, 0.15) is 71.5 Å². The lowest BCUT2D eigenvalue weighted by molar-refractivity contribution is -0.155. The van der Waals surface area contributed by atoms with Crippen molar-refractivity contribution in [1.29, 1.82) is 0 Å². The lowest BCUT2D eigenvalue weighted by Crippen LogP contribution is -2.56. The number of amides is 1. The fraction of sp³-hybridized carbons (Fsp3) is 0.826.